The van der Waals surface area contributed by atoms with Crippen LogP contribution in [0.4, 0.5) is 4.79 Å². The molecule has 2 N–H and O–H groups in total. The van der Waals surface area contributed by atoms with Gasteiger partial charge in [-0.25, -0.2) is 9.59 Å². The van der Waals surface area contributed by atoms with E-state index >= 15 is 0 Å². The molecule has 146 valence electrons. The lowest BCUT2D eigenvalue weighted by molar-refractivity contribution is -0.138. The molecule has 0 saturated heterocycles. The molecule has 0 heterocycles. The van der Waals surface area contributed by atoms with Gasteiger partial charge in [-0.15, -0.1) is 6.58 Å². The molecule has 2 aromatic carbocycles. The second-order valence-corrected chi connectivity index (χ2v) is 8.77. The minimum atomic E-state index is -1.08. The molecule has 0 fully saturated rings. The number of ether oxygens (including phenoxy) is 1. The zero-order valence-corrected chi connectivity index (χ0v) is 16.8. The van der Waals surface area contributed by atoms with Crippen molar-refractivity contribution in [1.82, 2.24) is 5.32 Å². The van der Waals surface area contributed by atoms with Gasteiger partial charge in [0.1, 0.15) is 12.6 Å². The summed E-state index contributed by atoms with van der Waals surface area (Å²) in [6, 6.07) is 15.1. The zero-order chi connectivity index (χ0) is 19.9. The van der Waals surface area contributed by atoms with Gasteiger partial charge in [0.15, 0.2) is 0 Å². The molecule has 0 radical (unpaired) electrons. The third kappa shape index (κ3) is 4.72. The average molecular weight is 416 g/mol. The van der Waals surface area contributed by atoms with Crippen molar-refractivity contribution in [1.29, 1.82) is 0 Å². The van der Waals surface area contributed by atoms with Gasteiger partial charge in [0.25, 0.3) is 0 Å². The monoisotopic (exact) mass is 415 g/mol. The second-order valence-electron chi connectivity index (χ2n) is 6.22. The Labute approximate surface area is 172 Å². The lowest BCUT2D eigenvalue weighted by Gasteiger charge is -2.17. The molecule has 3 rings (SSSR count). The Morgan fingerprint density at radius 2 is 1.71 bits per heavy atom. The van der Waals surface area contributed by atoms with Crippen LogP contribution in [0.25, 0.3) is 11.1 Å². The van der Waals surface area contributed by atoms with Gasteiger partial charge in [-0.05, 0) is 22.3 Å². The first kappa shape index (κ1) is 20.4. The summed E-state index contributed by atoms with van der Waals surface area (Å²) >= 11 is 0. The molecule has 0 aromatic heterocycles. The molecular formula is C21H21NO4S2. The number of hydrogen-bond donors (Lipinski definition) is 2. The summed E-state index contributed by atoms with van der Waals surface area (Å²) in [6.45, 7) is 3.77. The molecule has 0 spiro atoms. The predicted molar refractivity (Wildman–Crippen MR) is 115 cm³/mol. The maximum Gasteiger partial charge on any atom is 0.407 e. The van der Waals surface area contributed by atoms with Gasteiger partial charge in [0.05, 0.1) is 0 Å². The van der Waals surface area contributed by atoms with Crippen molar-refractivity contribution in [2.75, 3.05) is 18.1 Å². The largest absolute Gasteiger partial charge is 0.480 e. The van der Waals surface area contributed by atoms with Crippen molar-refractivity contribution in [3.05, 3.63) is 72.3 Å². The summed E-state index contributed by atoms with van der Waals surface area (Å²) in [5, 5.41) is 11.8. The van der Waals surface area contributed by atoms with Gasteiger partial charge in [-0.1, -0.05) is 76.2 Å². The SMILES string of the molecule is C=CCSSC[C@H](NC(=O)OCC1c2ccccc2-c2ccccc21)C(=O)O. The van der Waals surface area contributed by atoms with Gasteiger partial charge in [0.2, 0.25) is 0 Å². The number of carbonyl (C=O) groups is 2. The van der Waals surface area contributed by atoms with Crippen LogP contribution in [0.15, 0.2) is 61.2 Å². The van der Waals surface area contributed by atoms with Crippen LogP contribution >= 0.6 is 21.6 Å². The van der Waals surface area contributed by atoms with Crippen molar-refractivity contribution < 1.29 is 19.4 Å². The Kier molecular flexibility index (Phi) is 7.06. The number of rotatable bonds is 9. The third-order valence-electron chi connectivity index (χ3n) is 4.44. The summed E-state index contributed by atoms with van der Waals surface area (Å²) in [5.41, 5.74) is 4.52. The lowest BCUT2D eigenvalue weighted by atomic mass is 9.98. The molecule has 0 aliphatic heterocycles. The van der Waals surface area contributed by atoms with E-state index in [0.29, 0.717) is 5.75 Å². The molecular weight excluding hydrogens is 394 g/mol. The van der Waals surface area contributed by atoms with Crippen LogP contribution in [0.5, 0.6) is 0 Å². The fourth-order valence-corrected chi connectivity index (χ4v) is 5.09. The van der Waals surface area contributed by atoms with Gasteiger partial charge >= 0.3 is 12.1 Å². The third-order valence-corrected chi connectivity index (χ3v) is 6.76. The minimum absolute atomic E-state index is 0.0565. The highest BCUT2D eigenvalue weighted by Gasteiger charge is 2.29. The van der Waals surface area contributed by atoms with E-state index in [9.17, 15) is 14.7 Å². The molecule has 5 nitrogen and oxygen atoms in total. The molecule has 1 atom stereocenters. The number of aliphatic carboxylic acids is 1. The highest BCUT2D eigenvalue weighted by Crippen LogP contribution is 2.44. The van der Waals surface area contributed by atoms with Crippen molar-refractivity contribution >= 4 is 33.7 Å². The molecule has 0 bridgehead atoms. The summed E-state index contributed by atoms with van der Waals surface area (Å²) in [7, 11) is 2.86. The summed E-state index contributed by atoms with van der Waals surface area (Å²) in [4.78, 5) is 23.6. The van der Waals surface area contributed by atoms with Gasteiger partial charge < -0.3 is 15.2 Å². The van der Waals surface area contributed by atoms with Crippen LogP contribution in [0, 0.1) is 0 Å². The minimum Gasteiger partial charge on any atom is -0.480 e. The standard InChI is InChI=1S/C21H21NO4S2/c1-2-11-27-28-13-19(20(23)24)22-21(25)26-12-18-16-9-5-3-7-14(16)15-8-4-6-10-17(15)18/h2-10,18-19H,1,11-13H2,(H,22,25)(H,23,24)/t19-/m0/s1. The maximum atomic E-state index is 12.2. The molecule has 0 saturated carbocycles. The van der Waals surface area contributed by atoms with E-state index in [-0.39, 0.29) is 18.3 Å². The Morgan fingerprint density at radius 1 is 1.11 bits per heavy atom. The number of carbonyl (C=O) groups excluding carboxylic acids is 1. The molecule has 1 aliphatic rings. The smallest absolute Gasteiger partial charge is 0.407 e. The Bertz CT molecular complexity index is 825. The molecule has 0 unspecified atom stereocenters. The molecule has 1 aliphatic carbocycles. The van der Waals surface area contributed by atoms with Gasteiger partial charge in [0, 0.05) is 17.4 Å². The van der Waals surface area contributed by atoms with Gasteiger partial charge in [-0.3, -0.25) is 0 Å². The Hall–Kier alpha value is -2.38. The van der Waals surface area contributed by atoms with Crippen molar-refractivity contribution in [2.45, 2.75) is 12.0 Å². The van der Waals surface area contributed by atoms with Crippen LogP contribution < -0.4 is 5.32 Å². The first-order valence-corrected chi connectivity index (χ1v) is 11.3. The number of amides is 1. The van der Waals surface area contributed by atoms with E-state index in [1.807, 2.05) is 36.4 Å². The number of hydrogen-bond acceptors (Lipinski definition) is 5. The highest BCUT2D eigenvalue weighted by atomic mass is 33.1. The highest BCUT2D eigenvalue weighted by molar-refractivity contribution is 8.76. The van der Waals surface area contributed by atoms with Crippen molar-refractivity contribution in [3.63, 3.8) is 0 Å². The van der Waals surface area contributed by atoms with Gasteiger partial charge in [-0.2, -0.15) is 0 Å². The number of carboxylic acid groups (broad SMARTS) is 1. The fraction of sp³-hybridized carbons (Fsp3) is 0.238. The number of alkyl carbamates (subject to hydrolysis) is 1. The van der Waals surface area contributed by atoms with Crippen LogP contribution in [-0.4, -0.2) is 41.3 Å². The fourth-order valence-electron chi connectivity index (χ4n) is 3.17. The summed E-state index contributed by atoms with van der Waals surface area (Å²) in [5.74, 6) is -0.181. The number of carboxylic acids is 1. The van der Waals surface area contributed by atoms with E-state index < -0.39 is 18.1 Å². The van der Waals surface area contributed by atoms with E-state index in [4.69, 9.17) is 4.74 Å². The topological polar surface area (TPSA) is 75.6 Å². The first-order valence-electron chi connectivity index (χ1n) is 8.81. The van der Waals surface area contributed by atoms with E-state index in [2.05, 4.69) is 24.0 Å². The van der Waals surface area contributed by atoms with E-state index in [1.165, 1.54) is 21.6 Å². The van der Waals surface area contributed by atoms with Crippen LogP contribution in [0.2, 0.25) is 0 Å². The molecule has 28 heavy (non-hydrogen) atoms. The second kappa shape index (κ2) is 9.71. The summed E-state index contributed by atoms with van der Waals surface area (Å²) < 4.78 is 5.40. The quantitative estimate of drug-likeness (QED) is 0.356. The van der Waals surface area contributed by atoms with E-state index in [1.54, 1.807) is 6.08 Å². The van der Waals surface area contributed by atoms with Crippen LogP contribution in [0.1, 0.15) is 17.0 Å². The van der Waals surface area contributed by atoms with Crippen LogP contribution in [-0.2, 0) is 9.53 Å². The van der Waals surface area contributed by atoms with Crippen molar-refractivity contribution in [2.24, 2.45) is 0 Å². The number of fused-ring (bicyclic) bond motifs is 3. The normalized spacial score (nSPS) is 13.3. The average Bonchev–Trinajstić information content (AvgIpc) is 3.02. The van der Waals surface area contributed by atoms with Crippen molar-refractivity contribution in [3.8, 4) is 11.1 Å². The first-order chi connectivity index (χ1) is 13.6. The van der Waals surface area contributed by atoms with E-state index in [0.717, 1.165) is 22.3 Å². The number of benzene rings is 2. The molecule has 1 amide bonds. The predicted octanol–water partition coefficient (Wildman–Crippen LogP) is 4.55. The maximum absolute atomic E-state index is 12.2. The number of nitrogens with one attached hydrogen (secondary N) is 1. The molecule has 2 aromatic rings. The zero-order valence-electron chi connectivity index (χ0n) is 15.2. The Morgan fingerprint density at radius 3 is 2.29 bits per heavy atom. The Balaban J connectivity index is 1.61. The molecule has 7 heteroatoms. The summed E-state index contributed by atoms with van der Waals surface area (Å²) in [6.07, 6.45) is 1.02. The lowest BCUT2D eigenvalue weighted by Crippen LogP contribution is -2.43. The van der Waals surface area contributed by atoms with Crippen LogP contribution in [0.3, 0.4) is 0 Å².